The van der Waals surface area contributed by atoms with Crippen molar-refractivity contribution in [1.82, 2.24) is 0 Å². The third kappa shape index (κ3) is 1.08. The molecule has 3 aliphatic carbocycles. The molecule has 0 aromatic heterocycles. The summed E-state index contributed by atoms with van der Waals surface area (Å²) in [4.78, 5) is 0. The van der Waals surface area contributed by atoms with Crippen molar-refractivity contribution in [2.45, 2.75) is 31.4 Å². The first-order chi connectivity index (χ1) is 5.74. The lowest BCUT2D eigenvalue weighted by Crippen LogP contribution is -2.57. The van der Waals surface area contributed by atoms with Crippen LogP contribution in [0.1, 0.15) is 19.3 Å². The molecule has 3 heteroatoms. The molecule has 0 aromatic carbocycles. The summed E-state index contributed by atoms with van der Waals surface area (Å²) in [5, 5.41) is 9.72. The molecule has 0 heterocycles. The lowest BCUT2D eigenvalue weighted by molar-refractivity contribution is -0.0469. The van der Waals surface area contributed by atoms with E-state index in [2.05, 4.69) is 0 Å². The molecule has 0 amide bonds. The fourth-order valence-electron chi connectivity index (χ4n) is 2.98. The highest BCUT2D eigenvalue weighted by molar-refractivity contribution is 4.99. The molecule has 0 aromatic rings. The van der Waals surface area contributed by atoms with Gasteiger partial charge in [0.1, 0.15) is 0 Å². The van der Waals surface area contributed by atoms with E-state index in [0.717, 1.165) is 19.4 Å². The topological polar surface area (TPSA) is 72.3 Å². The molecule has 5 N–H and O–H groups in total. The van der Waals surface area contributed by atoms with Crippen LogP contribution in [0.5, 0.6) is 0 Å². The van der Waals surface area contributed by atoms with Gasteiger partial charge in [0.15, 0.2) is 0 Å². The lowest BCUT2D eigenvalue weighted by Gasteiger charge is -2.49. The molecule has 12 heavy (non-hydrogen) atoms. The van der Waals surface area contributed by atoms with Crippen LogP contribution in [0.15, 0.2) is 0 Å². The largest absolute Gasteiger partial charge is 0.391 e. The van der Waals surface area contributed by atoms with Crippen molar-refractivity contribution in [2.75, 3.05) is 6.54 Å². The van der Waals surface area contributed by atoms with Crippen molar-refractivity contribution in [3.63, 3.8) is 0 Å². The quantitative estimate of drug-likeness (QED) is 0.505. The third-order valence-corrected chi connectivity index (χ3v) is 3.76. The molecule has 0 radical (unpaired) electrons. The Kier molecular flexibility index (Phi) is 2.10. The maximum atomic E-state index is 9.72. The first kappa shape index (κ1) is 8.48. The zero-order chi connectivity index (χ0) is 8.72. The second kappa shape index (κ2) is 2.98. The zero-order valence-electron chi connectivity index (χ0n) is 7.32. The van der Waals surface area contributed by atoms with Gasteiger partial charge in [0.25, 0.3) is 0 Å². The van der Waals surface area contributed by atoms with Gasteiger partial charge in [-0.1, -0.05) is 0 Å². The summed E-state index contributed by atoms with van der Waals surface area (Å²) in [6, 6.07) is -0.00829. The SMILES string of the molecule is NCC1CC2CCC1C(N)C2O. The molecule has 2 bridgehead atoms. The Hall–Kier alpha value is -0.120. The number of fused-ring (bicyclic) bond motifs is 3. The molecule has 3 rings (SSSR count). The standard InChI is InChI=1S/C9H18N2O/c10-4-6-3-5-1-2-7(6)8(11)9(5)12/h5-9,12H,1-4,10-11H2. The zero-order valence-corrected chi connectivity index (χ0v) is 7.32. The summed E-state index contributed by atoms with van der Waals surface area (Å²) in [6.45, 7) is 0.738. The fourth-order valence-corrected chi connectivity index (χ4v) is 2.98. The minimum absolute atomic E-state index is 0.00829. The van der Waals surface area contributed by atoms with Crippen molar-refractivity contribution in [3.8, 4) is 0 Å². The maximum Gasteiger partial charge on any atom is 0.0722 e. The lowest BCUT2D eigenvalue weighted by atomic mass is 9.61. The second-order valence-corrected chi connectivity index (χ2v) is 4.30. The minimum Gasteiger partial charge on any atom is -0.391 e. The number of hydrogen-bond donors (Lipinski definition) is 3. The van der Waals surface area contributed by atoms with Gasteiger partial charge in [0.2, 0.25) is 0 Å². The average molecular weight is 170 g/mol. The molecule has 3 saturated carbocycles. The number of aliphatic hydroxyl groups excluding tert-OH is 1. The van der Waals surface area contributed by atoms with Crippen LogP contribution >= 0.6 is 0 Å². The third-order valence-electron chi connectivity index (χ3n) is 3.76. The van der Waals surface area contributed by atoms with Crippen molar-refractivity contribution < 1.29 is 5.11 Å². The molecule has 3 aliphatic rings. The van der Waals surface area contributed by atoms with E-state index in [1.165, 1.54) is 6.42 Å². The van der Waals surface area contributed by atoms with Gasteiger partial charge in [0.05, 0.1) is 6.10 Å². The Morgan fingerprint density at radius 1 is 1.33 bits per heavy atom. The summed E-state index contributed by atoms with van der Waals surface area (Å²) in [6.07, 6.45) is 3.16. The van der Waals surface area contributed by atoms with Crippen molar-refractivity contribution in [3.05, 3.63) is 0 Å². The van der Waals surface area contributed by atoms with Crippen LogP contribution in [0, 0.1) is 17.8 Å². The molecule has 3 nitrogen and oxygen atoms in total. The van der Waals surface area contributed by atoms with Gasteiger partial charge in [-0.3, -0.25) is 0 Å². The van der Waals surface area contributed by atoms with Crippen molar-refractivity contribution in [1.29, 1.82) is 0 Å². The van der Waals surface area contributed by atoms with E-state index < -0.39 is 0 Å². The van der Waals surface area contributed by atoms with Gasteiger partial charge < -0.3 is 16.6 Å². The highest BCUT2D eigenvalue weighted by Crippen LogP contribution is 2.43. The van der Waals surface area contributed by atoms with E-state index in [1.807, 2.05) is 0 Å². The van der Waals surface area contributed by atoms with Gasteiger partial charge in [-0.2, -0.15) is 0 Å². The number of aliphatic hydroxyl groups is 1. The van der Waals surface area contributed by atoms with Crippen LogP contribution in [-0.2, 0) is 0 Å². The van der Waals surface area contributed by atoms with Crippen LogP contribution in [0.2, 0.25) is 0 Å². The van der Waals surface area contributed by atoms with Crippen LogP contribution in [0.25, 0.3) is 0 Å². The van der Waals surface area contributed by atoms with Gasteiger partial charge in [-0.05, 0) is 43.6 Å². The van der Waals surface area contributed by atoms with Crippen LogP contribution in [0.4, 0.5) is 0 Å². The van der Waals surface area contributed by atoms with Crippen LogP contribution in [-0.4, -0.2) is 23.8 Å². The Morgan fingerprint density at radius 2 is 2.08 bits per heavy atom. The molecule has 70 valence electrons. The Balaban J connectivity index is 2.12. The summed E-state index contributed by atoms with van der Waals surface area (Å²) < 4.78 is 0. The summed E-state index contributed by atoms with van der Waals surface area (Å²) in [5.74, 6) is 1.48. The Bertz CT molecular complexity index is 170. The highest BCUT2D eigenvalue weighted by Gasteiger charge is 2.45. The number of hydrogen-bond acceptors (Lipinski definition) is 3. The minimum atomic E-state index is -0.258. The molecule has 0 aliphatic heterocycles. The van der Waals surface area contributed by atoms with Crippen LogP contribution < -0.4 is 11.5 Å². The second-order valence-electron chi connectivity index (χ2n) is 4.30. The van der Waals surface area contributed by atoms with E-state index in [9.17, 15) is 5.11 Å². The summed E-state index contributed by atoms with van der Waals surface area (Å²) in [5.41, 5.74) is 11.6. The maximum absolute atomic E-state index is 9.72. The summed E-state index contributed by atoms with van der Waals surface area (Å²) in [7, 11) is 0. The first-order valence-electron chi connectivity index (χ1n) is 4.87. The predicted octanol–water partition coefficient (Wildman–Crippen LogP) is -0.321. The van der Waals surface area contributed by atoms with Gasteiger partial charge >= 0.3 is 0 Å². The highest BCUT2D eigenvalue weighted by atomic mass is 16.3. The van der Waals surface area contributed by atoms with Gasteiger partial charge in [0, 0.05) is 6.04 Å². The molecule has 5 unspecified atom stereocenters. The Labute approximate surface area is 73.1 Å². The Morgan fingerprint density at radius 3 is 2.67 bits per heavy atom. The van der Waals surface area contributed by atoms with Crippen molar-refractivity contribution >= 4 is 0 Å². The average Bonchev–Trinajstić information content (AvgIpc) is 2.12. The monoisotopic (exact) mass is 170 g/mol. The smallest absolute Gasteiger partial charge is 0.0722 e. The number of nitrogens with two attached hydrogens (primary N) is 2. The van der Waals surface area contributed by atoms with Crippen LogP contribution in [0.3, 0.4) is 0 Å². The molecular weight excluding hydrogens is 152 g/mol. The van der Waals surface area contributed by atoms with E-state index in [0.29, 0.717) is 17.8 Å². The van der Waals surface area contributed by atoms with Gasteiger partial charge in [-0.15, -0.1) is 0 Å². The predicted molar refractivity (Wildman–Crippen MR) is 47.4 cm³/mol. The summed E-state index contributed by atoms with van der Waals surface area (Å²) >= 11 is 0. The first-order valence-corrected chi connectivity index (χ1v) is 4.87. The van der Waals surface area contributed by atoms with Crippen molar-refractivity contribution in [2.24, 2.45) is 29.2 Å². The number of rotatable bonds is 1. The van der Waals surface area contributed by atoms with E-state index in [-0.39, 0.29) is 12.1 Å². The molecule has 5 atom stereocenters. The van der Waals surface area contributed by atoms with E-state index >= 15 is 0 Å². The van der Waals surface area contributed by atoms with E-state index in [4.69, 9.17) is 11.5 Å². The molecule has 0 spiro atoms. The fraction of sp³-hybridized carbons (Fsp3) is 1.00. The molecular formula is C9H18N2O. The molecule has 0 saturated heterocycles. The normalized spacial score (nSPS) is 52.8. The molecule has 3 fully saturated rings. The van der Waals surface area contributed by atoms with Gasteiger partial charge in [-0.25, -0.2) is 0 Å². The van der Waals surface area contributed by atoms with E-state index in [1.54, 1.807) is 0 Å².